The summed E-state index contributed by atoms with van der Waals surface area (Å²) in [5.74, 6) is -1.73. The molecule has 6 rings (SSSR count). The Morgan fingerprint density at radius 3 is 2.44 bits per heavy atom. The van der Waals surface area contributed by atoms with Gasteiger partial charge in [0.15, 0.2) is 11.3 Å². The monoisotopic (exact) mass is 588 g/mol. The molecule has 2 atom stereocenters. The lowest BCUT2D eigenvalue weighted by molar-refractivity contribution is 0.0407. The summed E-state index contributed by atoms with van der Waals surface area (Å²) < 4.78 is 47.1. The number of furan rings is 1. The van der Waals surface area contributed by atoms with Crippen LogP contribution in [-0.2, 0) is 4.74 Å². The van der Waals surface area contributed by atoms with Gasteiger partial charge < -0.3 is 23.9 Å². The van der Waals surface area contributed by atoms with Crippen LogP contribution in [0.25, 0.3) is 38.3 Å². The number of hydrogen-bond donors (Lipinski definition) is 1. The van der Waals surface area contributed by atoms with Crippen molar-refractivity contribution in [2.24, 2.45) is 0 Å². The van der Waals surface area contributed by atoms with Crippen molar-refractivity contribution in [2.45, 2.75) is 77.1 Å². The summed E-state index contributed by atoms with van der Waals surface area (Å²) in [5.41, 5.74) is 0.708. The molecule has 2 aromatic heterocycles. The maximum Gasteiger partial charge on any atom is 0.407 e. The van der Waals surface area contributed by atoms with Gasteiger partial charge >= 0.3 is 6.09 Å². The van der Waals surface area contributed by atoms with E-state index < -0.39 is 23.3 Å². The molecule has 2 amide bonds. The predicted octanol–water partition coefficient (Wildman–Crippen LogP) is 7.55. The van der Waals surface area contributed by atoms with Crippen LogP contribution in [-0.4, -0.2) is 45.8 Å². The van der Waals surface area contributed by atoms with E-state index in [1.165, 1.54) is 36.4 Å². The Morgan fingerprint density at radius 1 is 1.07 bits per heavy atom. The second-order valence-corrected chi connectivity index (χ2v) is 12.1. The summed E-state index contributed by atoms with van der Waals surface area (Å²) in [6.07, 6.45) is 2.16. The second-order valence-electron chi connectivity index (χ2n) is 12.1. The van der Waals surface area contributed by atoms with Gasteiger partial charge in [0.25, 0.3) is 5.91 Å². The van der Waals surface area contributed by atoms with Crippen LogP contribution in [0.3, 0.4) is 0 Å². The van der Waals surface area contributed by atoms with E-state index in [1.54, 1.807) is 32.6 Å². The van der Waals surface area contributed by atoms with Crippen molar-refractivity contribution in [3.8, 4) is 22.5 Å². The molecule has 11 heteroatoms. The van der Waals surface area contributed by atoms with Crippen LogP contribution >= 0.6 is 0 Å². The van der Waals surface area contributed by atoms with Crippen LogP contribution in [0, 0.1) is 25.1 Å². The number of rotatable bonds is 4. The first-order valence-corrected chi connectivity index (χ1v) is 14.1. The van der Waals surface area contributed by atoms with E-state index in [9.17, 15) is 14.0 Å². The number of aromatic nitrogens is 1. The molecule has 2 bridgehead atoms. The Morgan fingerprint density at radius 2 is 1.79 bits per heavy atom. The third-order valence-electron chi connectivity index (χ3n) is 8.00. The highest BCUT2D eigenvalue weighted by Gasteiger charge is 2.45. The molecule has 2 fully saturated rings. The van der Waals surface area contributed by atoms with E-state index in [1.807, 2.05) is 0 Å². The van der Waals surface area contributed by atoms with Gasteiger partial charge in [0.1, 0.15) is 23.0 Å². The molecule has 0 aliphatic carbocycles. The minimum atomic E-state index is -0.744. The van der Waals surface area contributed by atoms with Gasteiger partial charge in [-0.05, 0) is 83.2 Å². The zero-order valence-electron chi connectivity index (χ0n) is 24.2. The van der Waals surface area contributed by atoms with Crippen LogP contribution < -0.4 is 5.32 Å². The van der Waals surface area contributed by atoms with Gasteiger partial charge in [0.2, 0.25) is 5.69 Å². The second kappa shape index (κ2) is 10.5. The van der Waals surface area contributed by atoms with Crippen molar-refractivity contribution in [3.05, 3.63) is 70.9 Å². The molecule has 2 aromatic carbocycles. The minimum Gasteiger partial charge on any atom is -0.450 e. The number of fused-ring (bicyclic) bond motifs is 3. The van der Waals surface area contributed by atoms with Gasteiger partial charge in [-0.25, -0.2) is 18.4 Å². The van der Waals surface area contributed by atoms with Crippen molar-refractivity contribution >= 4 is 28.7 Å². The molecule has 0 spiro atoms. The number of ether oxygens (including phenoxy) is 1. The number of alkyl carbamates (subject to hydrolysis) is 1. The molecular formula is C32H30F2N4O5. The fourth-order valence-electron chi connectivity index (χ4n) is 6.16. The Bertz CT molecular complexity index is 1780. The SMILES string of the molecule is [C-]#[N+]c1ccc(-c2cc(C(=O)N3C4CCC3CC(NC(=O)OC(C)(C)C)C4)oc2-c2cc3onc(C)c3cc2F)cc1F. The highest BCUT2D eigenvalue weighted by molar-refractivity contribution is 5.97. The summed E-state index contributed by atoms with van der Waals surface area (Å²) in [5, 5.41) is 7.33. The molecule has 9 nitrogen and oxygen atoms in total. The van der Waals surface area contributed by atoms with Crippen LogP contribution in [0.2, 0.25) is 0 Å². The molecule has 222 valence electrons. The molecule has 2 unspecified atom stereocenters. The van der Waals surface area contributed by atoms with E-state index in [0.717, 1.165) is 12.8 Å². The molecule has 4 heterocycles. The normalized spacial score (nSPS) is 19.8. The first-order chi connectivity index (χ1) is 20.4. The smallest absolute Gasteiger partial charge is 0.407 e. The molecule has 43 heavy (non-hydrogen) atoms. The highest BCUT2D eigenvalue weighted by atomic mass is 19.1. The number of nitrogens with zero attached hydrogens (tertiary/aromatic N) is 3. The summed E-state index contributed by atoms with van der Waals surface area (Å²) in [6.45, 7) is 14.3. The largest absolute Gasteiger partial charge is 0.450 e. The number of carbonyl (C=O) groups is 2. The lowest BCUT2D eigenvalue weighted by Gasteiger charge is -2.38. The zero-order chi connectivity index (χ0) is 30.6. The summed E-state index contributed by atoms with van der Waals surface area (Å²) in [6, 6.07) is 7.84. The average molecular weight is 589 g/mol. The standard InChI is InChI=1S/C32H30F2N4O5/c1-16-21-13-24(33)23(15-27(21)43-37-16)29-22(17-6-9-26(35-5)25(34)10-17)14-28(41-29)30(39)38-19-7-8-20(38)12-18(11-19)36-31(40)42-32(2,3)4/h6,9-10,13-15,18-20H,7-8,11-12H2,1-4H3,(H,36,40). The molecule has 2 aliphatic heterocycles. The Hall–Kier alpha value is -4.72. The van der Waals surface area contributed by atoms with Crippen LogP contribution in [0.4, 0.5) is 19.3 Å². The van der Waals surface area contributed by atoms with Gasteiger partial charge in [0, 0.05) is 29.1 Å². The molecular weight excluding hydrogens is 558 g/mol. The Balaban J connectivity index is 1.35. The van der Waals surface area contributed by atoms with Gasteiger partial charge in [-0.1, -0.05) is 17.3 Å². The molecule has 2 aliphatic rings. The lowest BCUT2D eigenvalue weighted by atomic mass is 9.96. The third kappa shape index (κ3) is 5.33. The van der Waals surface area contributed by atoms with E-state index in [4.69, 9.17) is 20.2 Å². The average Bonchev–Trinajstić information content (AvgIpc) is 3.61. The number of amides is 2. The van der Waals surface area contributed by atoms with Crippen molar-refractivity contribution in [3.63, 3.8) is 0 Å². The molecule has 2 saturated heterocycles. The Kier molecular flexibility index (Phi) is 6.95. The number of hydrogen-bond acceptors (Lipinski definition) is 6. The quantitative estimate of drug-likeness (QED) is 0.247. The number of halogens is 2. The topological polar surface area (TPSA) is 102 Å². The Labute approximate surface area is 246 Å². The van der Waals surface area contributed by atoms with Gasteiger partial charge in [-0.2, -0.15) is 0 Å². The van der Waals surface area contributed by atoms with E-state index >= 15 is 4.39 Å². The lowest BCUT2D eigenvalue weighted by Crippen LogP contribution is -2.52. The summed E-state index contributed by atoms with van der Waals surface area (Å²) >= 11 is 0. The maximum absolute atomic E-state index is 15.5. The minimum absolute atomic E-state index is 0.0237. The number of carbonyl (C=O) groups excluding carboxylic acids is 2. The number of benzene rings is 2. The van der Waals surface area contributed by atoms with Crippen molar-refractivity contribution in [2.75, 3.05) is 0 Å². The van der Waals surface area contributed by atoms with Crippen molar-refractivity contribution in [1.29, 1.82) is 0 Å². The molecule has 0 saturated carbocycles. The fourth-order valence-corrected chi connectivity index (χ4v) is 6.16. The fraction of sp³-hybridized carbons (Fsp3) is 0.375. The maximum atomic E-state index is 15.5. The first kappa shape index (κ1) is 28.4. The van der Waals surface area contributed by atoms with Gasteiger partial charge in [-0.15, -0.1) is 0 Å². The summed E-state index contributed by atoms with van der Waals surface area (Å²) in [4.78, 5) is 31.3. The van der Waals surface area contributed by atoms with Crippen LogP contribution in [0.1, 0.15) is 62.7 Å². The van der Waals surface area contributed by atoms with Gasteiger partial charge in [0.05, 0.1) is 17.8 Å². The van der Waals surface area contributed by atoms with E-state index in [-0.39, 0.29) is 46.8 Å². The number of piperidine rings is 1. The van der Waals surface area contributed by atoms with Crippen LogP contribution in [0.5, 0.6) is 0 Å². The van der Waals surface area contributed by atoms with Crippen LogP contribution in [0.15, 0.2) is 45.3 Å². The predicted molar refractivity (Wildman–Crippen MR) is 153 cm³/mol. The third-order valence-corrected chi connectivity index (χ3v) is 8.00. The highest BCUT2D eigenvalue weighted by Crippen LogP contribution is 2.42. The van der Waals surface area contributed by atoms with E-state index in [2.05, 4.69) is 15.3 Å². The zero-order valence-corrected chi connectivity index (χ0v) is 24.2. The summed E-state index contributed by atoms with van der Waals surface area (Å²) in [7, 11) is 0. The number of nitrogens with one attached hydrogen (secondary N) is 1. The van der Waals surface area contributed by atoms with Gasteiger partial charge in [-0.3, -0.25) is 4.79 Å². The molecule has 0 radical (unpaired) electrons. The van der Waals surface area contributed by atoms with E-state index in [0.29, 0.717) is 40.6 Å². The van der Waals surface area contributed by atoms with Crippen molar-refractivity contribution in [1.82, 2.24) is 15.4 Å². The molecule has 4 aromatic rings. The molecule has 1 N–H and O–H groups in total. The number of aryl methyl sites for hydroxylation is 1. The van der Waals surface area contributed by atoms with Crippen molar-refractivity contribution < 1.29 is 32.0 Å². The first-order valence-electron chi connectivity index (χ1n) is 14.1.